The van der Waals surface area contributed by atoms with Crippen LogP contribution in [0, 0.1) is 5.53 Å². The molecule has 0 aliphatic heterocycles. The first kappa shape index (κ1) is 46.8. The molecule has 2 heterocycles. The van der Waals surface area contributed by atoms with Crippen LogP contribution in [0.15, 0.2) is 47.8 Å². The number of nitrogens with one attached hydrogen (secondary N) is 4. The summed E-state index contributed by atoms with van der Waals surface area (Å²) in [6, 6.07) is 5.63. The second-order valence-electron chi connectivity index (χ2n) is 12.5. The number of aromatic hydroxyl groups is 2. The number of nitrogens with zero attached hydrogens (tertiary/aromatic N) is 2. The number of esters is 2. The molecule has 0 bridgehead atoms. The van der Waals surface area contributed by atoms with Gasteiger partial charge >= 0.3 is 11.9 Å². The summed E-state index contributed by atoms with van der Waals surface area (Å²) in [5, 5.41) is 29.7. The predicted molar refractivity (Wildman–Crippen MR) is 226 cm³/mol. The third-order valence-electron chi connectivity index (χ3n) is 8.33. The van der Waals surface area contributed by atoms with E-state index in [0.29, 0.717) is 6.42 Å². The highest BCUT2D eigenvalue weighted by molar-refractivity contribution is 6.45. The molecule has 0 spiro atoms. The van der Waals surface area contributed by atoms with Gasteiger partial charge in [-0.1, -0.05) is 96.3 Å². The SMILES string of the molecule is CCCCOC(=O)CN/C=C(\N)c1cc(O)c(C(=O)c2cc(Cl)c(Cl)n2-c2c(C(=O)c3cc(Cl)c(/C(=C/NCC(=O)OCCCC)N=N)cc3O)[nH]c(Cl)c2Cl)cc1Cl. The van der Waals surface area contributed by atoms with Crippen LogP contribution in [0.2, 0.25) is 30.4 Å². The van der Waals surface area contributed by atoms with Crippen LogP contribution in [0.1, 0.15) is 82.8 Å². The van der Waals surface area contributed by atoms with Crippen molar-refractivity contribution in [1.82, 2.24) is 20.2 Å². The normalized spacial score (nSPS) is 11.7. The van der Waals surface area contributed by atoms with Gasteiger partial charge in [0.15, 0.2) is 0 Å². The number of carbonyl (C=O) groups is 4. The second-order valence-corrected chi connectivity index (χ2v) is 14.8. The van der Waals surface area contributed by atoms with Crippen LogP contribution >= 0.6 is 69.6 Å². The minimum atomic E-state index is -0.930. The minimum Gasteiger partial charge on any atom is -0.507 e. The zero-order valence-corrected chi connectivity index (χ0v) is 35.8. The maximum absolute atomic E-state index is 14.1. The maximum atomic E-state index is 14.1. The van der Waals surface area contributed by atoms with Gasteiger partial charge < -0.3 is 41.0 Å². The number of halogens is 6. The van der Waals surface area contributed by atoms with Crippen LogP contribution in [-0.4, -0.2) is 69.6 Å². The largest absolute Gasteiger partial charge is 0.507 e. The molecule has 0 aliphatic rings. The van der Waals surface area contributed by atoms with E-state index in [2.05, 4.69) is 20.7 Å². The van der Waals surface area contributed by atoms with Crippen LogP contribution in [-0.2, 0) is 19.1 Å². The maximum Gasteiger partial charge on any atom is 0.325 e. The first-order valence-corrected chi connectivity index (χ1v) is 19.9. The van der Waals surface area contributed by atoms with Gasteiger partial charge in [-0.05, 0) is 43.2 Å². The van der Waals surface area contributed by atoms with E-state index in [1.807, 2.05) is 13.8 Å². The van der Waals surface area contributed by atoms with Gasteiger partial charge in [-0.3, -0.25) is 23.7 Å². The van der Waals surface area contributed by atoms with E-state index in [0.717, 1.165) is 54.2 Å². The number of unbranched alkanes of at least 4 members (excludes halogenated alkanes) is 2. The van der Waals surface area contributed by atoms with Gasteiger partial charge in [0.1, 0.15) is 51.3 Å². The third-order valence-corrected chi connectivity index (χ3v) is 10.5. The molecular weight excluding hydrogens is 895 g/mol. The first-order valence-electron chi connectivity index (χ1n) is 17.7. The highest BCUT2D eigenvalue weighted by Gasteiger charge is 2.32. The fourth-order valence-electron chi connectivity index (χ4n) is 5.32. The van der Waals surface area contributed by atoms with Crippen molar-refractivity contribution in [3.05, 3.63) is 107 Å². The second kappa shape index (κ2) is 21.4. The van der Waals surface area contributed by atoms with E-state index in [1.165, 1.54) is 12.4 Å². The van der Waals surface area contributed by atoms with E-state index in [1.54, 1.807) is 0 Å². The van der Waals surface area contributed by atoms with Crippen molar-refractivity contribution in [2.24, 2.45) is 10.8 Å². The van der Waals surface area contributed by atoms with Crippen molar-refractivity contribution >= 4 is 105 Å². The number of hydrogen-bond acceptors (Lipinski definition) is 13. The Bertz CT molecular complexity index is 2340. The van der Waals surface area contributed by atoms with Crippen LogP contribution in [0.5, 0.6) is 11.5 Å². The summed E-state index contributed by atoms with van der Waals surface area (Å²) in [6.45, 7) is 4.03. The van der Waals surface area contributed by atoms with E-state index in [-0.39, 0.29) is 107 Å². The fraction of sp³-hybridized carbons (Fsp3) is 0.263. The van der Waals surface area contributed by atoms with E-state index < -0.39 is 35.0 Å². The Balaban J connectivity index is 1.67. The van der Waals surface area contributed by atoms with E-state index >= 15 is 0 Å². The Labute approximate surface area is 367 Å². The fourth-order valence-corrected chi connectivity index (χ4v) is 6.68. The number of aromatic amines is 1. The highest BCUT2D eigenvalue weighted by Crippen LogP contribution is 2.42. The Hall–Kier alpha value is -4.90. The summed E-state index contributed by atoms with van der Waals surface area (Å²) < 4.78 is 11.2. The summed E-state index contributed by atoms with van der Waals surface area (Å²) in [5.74, 6) is -4.03. The number of phenols is 2. The number of aromatic nitrogens is 2. The number of rotatable bonds is 20. The van der Waals surface area contributed by atoms with Crippen molar-refractivity contribution in [3.63, 3.8) is 0 Å². The zero-order valence-electron chi connectivity index (χ0n) is 31.3. The lowest BCUT2D eigenvalue weighted by molar-refractivity contribution is -0.143. The molecule has 0 atom stereocenters. The first-order chi connectivity index (χ1) is 28.1. The summed E-state index contributed by atoms with van der Waals surface area (Å²) >= 11 is 39.0. The van der Waals surface area contributed by atoms with Crippen molar-refractivity contribution in [2.75, 3.05) is 26.3 Å². The summed E-state index contributed by atoms with van der Waals surface area (Å²) in [5.41, 5.74) is 12.2. The van der Waals surface area contributed by atoms with Gasteiger partial charge in [-0.25, -0.2) is 5.53 Å². The number of ketones is 2. The van der Waals surface area contributed by atoms with Crippen molar-refractivity contribution in [2.45, 2.75) is 39.5 Å². The van der Waals surface area contributed by atoms with Crippen LogP contribution in [0.25, 0.3) is 17.1 Å². The number of nitrogens with two attached hydrogens (primary N) is 1. The van der Waals surface area contributed by atoms with Crippen molar-refractivity contribution in [1.29, 1.82) is 5.53 Å². The molecule has 0 saturated heterocycles. The van der Waals surface area contributed by atoms with Crippen LogP contribution in [0.3, 0.4) is 0 Å². The number of carbonyl (C=O) groups excluding carboxylic acids is 4. The molecule has 0 fully saturated rings. The van der Waals surface area contributed by atoms with E-state index in [4.69, 9.17) is 90.3 Å². The Morgan fingerprint density at radius 3 is 1.86 bits per heavy atom. The van der Waals surface area contributed by atoms with Gasteiger partial charge in [0.05, 0.1) is 56.5 Å². The lowest BCUT2D eigenvalue weighted by Gasteiger charge is -2.14. The molecule has 8 N–H and O–H groups in total. The molecule has 2 aromatic heterocycles. The molecule has 2 aromatic carbocycles. The van der Waals surface area contributed by atoms with Crippen molar-refractivity contribution in [3.8, 4) is 17.2 Å². The average Bonchev–Trinajstić information content (AvgIpc) is 3.66. The Morgan fingerprint density at radius 1 is 0.780 bits per heavy atom. The molecule has 0 unspecified atom stereocenters. The number of ether oxygens (including phenoxy) is 2. The molecule has 15 nitrogen and oxygen atoms in total. The summed E-state index contributed by atoms with van der Waals surface area (Å²) in [6.07, 6.45) is 5.63. The molecule has 4 rings (SSSR count). The Morgan fingerprint density at radius 2 is 1.31 bits per heavy atom. The monoisotopic (exact) mass is 929 g/mol. The zero-order chi connectivity index (χ0) is 43.6. The number of hydrogen-bond donors (Lipinski definition) is 7. The predicted octanol–water partition coefficient (Wildman–Crippen LogP) is 9.05. The molecule has 0 amide bonds. The third kappa shape index (κ3) is 11.2. The van der Waals surface area contributed by atoms with Gasteiger partial charge in [-0.2, -0.15) is 5.11 Å². The molecular formula is C38H37Cl6N7O8. The van der Waals surface area contributed by atoms with Crippen LogP contribution in [0.4, 0.5) is 0 Å². The lowest BCUT2D eigenvalue weighted by Crippen LogP contribution is -2.22. The van der Waals surface area contributed by atoms with Crippen molar-refractivity contribution < 1.29 is 38.9 Å². The van der Waals surface area contributed by atoms with Gasteiger partial charge in [-0.15, -0.1) is 0 Å². The minimum absolute atomic E-state index is 0.0196. The molecule has 0 saturated carbocycles. The van der Waals surface area contributed by atoms with Gasteiger partial charge in [0, 0.05) is 23.5 Å². The standard InChI is InChI=1S/C38H37Cl6N7O8/c1-3-5-7-58-30(54)16-47-14-25(45)18-11-28(52)20(9-22(18)39)35(56)27-13-24(41)38(44)51(27)34-32(42)37(43)49-33(34)36(57)21-10-23(40)19(12-29(21)53)26(50-46)15-48-17-31(55)59-8-6-4-2/h9-15,46-49,52-53H,3-8,16-17,45H2,1-2H3/b25-14-,26-15-,50-46?. The molecule has 4 aromatic rings. The number of phenolic OH excluding ortho intramolecular Hbond substituents is 2. The highest BCUT2D eigenvalue weighted by atomic mass is 35.5. The molecule has 59 heavy (non-hydrogen) atoms. The molecule has 21 heteroatoms. The smallest absolute Gasteiger partial charge is 0.325 e. The van der Waals surface area contributed by atoms with Crippen LogP contribution < -0.4 is 16.4 Å². The average molecular weight is 932 g/mol. The lowest BCUT2D eigenvalue weighted by atomic mass is 10.0. The van der Waals surface area contributed by atoms with Gasteiger partial charge in [0.2, 0.25) is 11.6 Å². The topological polar surface area (TPSA) is 234 Å². The molecule has 0 aliphatic carbocycles. The number of H-pyrrole nitrogens is 1. The summed E-state index contributed by atoms with van der Waals surface area (Å²) in [4.78, 5) is 54.8. The molecule has 0 radical (unpaired) electrons. The quantitative estimate of drug-likeness (QED) is 0.0191. The Kier molecular flexibility index (Phi) is 17.0. The van der Waals surface area contributed by atoms with Gasteiger partial charge in [0.25, 0.3) is 0 Å². The number of benzene rings is 2. The summed E-state index contributed by atoms with van der Waals surface area (Å²) in [7, 11) is 0. The van der Waals surface area contributed by atoms with E-state index in [9.17, 15) is 29.4 Å². The molecule has 314 valence electrons.